The van der Waals surface area contributed by atoms with Gasteiger partial charge in [-0.15, -0.1) is 0 Å². The van der Waals surface area contributed by atoms with E-state index in [4.69, 9.17) is 10.5 Å². The number of guanidine groups is 1. The molecule has 0 atom stereocenters. The summed E-state index contributed by atoms with van der Waals surface area (Å²) in [5.74, 6) is 1.41. The fourth-order valence-corrected chi connectivity index (χ4v) is 2.63. The average Bonchev–Trinajstić information content (AvgIpc) is 2.74. The zero-order valence-corrected chi connectivity index (χ0v) is 12.3. The Balaban J connectivity index is 1.86. The highest BCUT2D eigenvalue weighted by Crippen LogP contribution is 2.17. The van der Waals surface area contributed by atoms with Crippen LogP contribution in [0.15, 0.2) is 29.3 Å². The van der Waals surface area contributed by atoms with E-state index in [9.17, 15) is 0 Å². The van der Waals surface area contributed by atoms with Gasteiger partial charge in [-0.05, 0) is 30.5 Å². The Morgan fingerprint density at radius 2 is 2.05 bits per heavy atom. The van der Waals surface area contributed by atoms with Gasteiger partial charge < -0.3 is 15.8 Å². The van der Waals surface area contributed by atoms with Crippen molar-refractivity contribution in [2.75, 3.05) is 7.11 Å². The van der Waals surface area contributed by atoms with E-state index in [1.54, 1.807) is 7.11 Å². The Hall–Kier alpha value is -1.71. The van der Waals surface area contributed by atoms with Crippen molar-refractivity contribution in [1.82, 2.24) is 5.32 Å². The normalized spacial score (nSPS) is 17.6. The maximum Gasteiger partial charge on any atom is 0.189 e. The molecule has 2 rings (SSSR count). The van der Waals surface area contributed by atoms with E-state index in [0.29, 0.717) is 18.5 Å². The van der Waals surface area contributed by atoms with Gasteiger partial charge in [-0.3, -0.25) is 0 Å². The van der Waals surface area contributed by atoms with Gasteiger partial charge in [0.05, 0.1) is 13.7 Å². The first-order valence-electron chi connectivity index (χ1n) is 7.47. The topological polar surface area (TPSA) is 59.6 Å². The van der Waals surface area contributed by atoms with Gasteiger partial charge in [0.1, 0.15) is 5.75 Å². The van der Waals surface area contributed by atoms with Crippen LogP contribution in [0.4, 0.5) is 0 Å². The Bertz CT molecular complexity index is 437. The van der Waals surface area contributed by atoms with Gasteiger partial charge in [0.25, 0.3) is 0 Å². The number of nitrogens with zero attached hydrogens (tertiary/aromatic N) is 1. The van der Waals surface area contributed by atoms with E-state index in [-0.39, 0.29) is 0 Å². The van der Waals surface area contributed by atoms with Crippen LogP contribution in [0, 0.1) is 0 Å². The number of nitrogens with one attached hydrogen (secondary N) is 1. The van der Waals surface area contributed by atoms with Crippen molar-refractivity contribution >= 4 is 5.96 Å². The van der Waals surface area contributed by atoms with Gasteiger partial charge >= 0.3 is 0 Å². The van der Waals surface area contributed by atoms with Crippen LogP contribution < -0.4 is 15.8 Å². The van der Waals surface area contributed by atoms with Crippen molar-refractivity contribution in [2.45, 2.75) is 51.1 Å². The monoisotopic (exact) mass is 275 g/mol. The third-order valence-corrected chi connectivity index (χ3v) is 3.77. The van der Waals surface area contributed by atoms with Crippen LogP contribution in [-0.4, -0.2) is 19.1 Å². The van der Waals surface area contributed by atoms with Gasteiger partial charge in [-0.25, -0.2) is 4.99 Å². The number of rotatable bonds is 4. The largest absolute Gasteiger partial charge is 0.497 e. The highest BCUT2D eigenvalue weighted by Gasteiger charge is 2.12. The van der Waals surface area contributed by atoms with Crippen molar-refractivity contribution in [1.29, 1.82) is 0 Å². The number of benzene rings is 1. The number of hydrogen-bond donors (Lipinski definition) is 2. The maximum absolute atomic E-state index is 5.98. The minimum atomic E-state index is 0.492. The molecule has 1 saturated carbocycles. The molecule has 0 spiro atoms. The van der Waals surface area contributed by atoms with Crippen LogP contribution in [-0.2, 0) is 6.54 Å². The molecule has 0 heterocycles. The molecule has 0 amide bonds. The first kappa shape index (κ1) is 14.7. The SMILES string of the molecule is COc1cccc(CN=C(N)NC2CCCCCC2)c1. The lowest BCUT2D eigenvalue weighted by molar-refractivity contribution is 0.414. The molecule has 0 aromatic heterocycles. The smallest absolute Gasteiger partial charge is 0.189 e. The van der Waals surface area contributed by atoms with Crippen LogP contribution in [0.5, 0.6) is 5.75 Å². The van der Waals surface area contributed by atoms with Crippen LogP contribution in [0.25, 0.3) is 0 Å². The van der Waals surface area contributed by atoms with Crippen LogP contribution in [0.1, 0.15) is 44.1 Å². The summed E-state index contributed by atoms with van der Waals surface area (Å²) in [5, 5.41) is 3.35. The van der Waals surface area contributed by atoms with E-state index in [1.807, 2.05) is 24.3 Å². The lowest BCUT2D eigenvalue weighted by Crippen LogP contribution is -2.39. The second kappa shape index (κ2) is 7.78. The summed E-state index contributed by atoms with van der Waals surface area (Å²) in [5.41, 5.74) is 7.09. The number of ether oxygens (including phenoxy) is 1. The molecule has 4 nitrogen and oxygen atoms in total. The minimum absolute atomic E-state index is 0.492. The molecule has 1 aromatic rings. The molecule has 0 bridgehead atoms. The molecule has 1 aliphatic rings. The predicted octanol–water partition coefficient (Wildman–Crippen LogP) is 2.82. The summed E-state index contributed by atoms with van der Waals surface area (Å²) in [6.07, 6.45) is 7.69. The second-order valence-corrected chi connectivity index (χ2v) is 5.39. The summed E-state index contributed by atoms with van der Waals surface area (Å²) >= 11 is 0. The summed E-state index contributed by atoms with van der Waals surface area (Å²) in [6, 6.07) is 8.42. The van der Waals surface area contributed by atoms with Crippen molar-refractivity contribution < 1.29 is 4.74 Å². The molecule has 20 heavy (non-hydrogen) atoms. The van der Waals surface area contributed by atoms with Gasteiger partial charge in [0.2, 0.25) is 0 Å². The van der Waals surface area contributed by atoms with Crippen molar-refractivity contribution in [3.63, 3.8) is 0 Å². The predicted molar refractivity (Wildman–Crippen MR) is 82.9 cm³/mol. The quantitative estimate of drug-likeness (QED) is 0.504. The van der Waals surface area contributed by atoms with Gasteiger partial charge in [-0.1, -0.05) is 37.8 Å². The highest BCUT2D eigenvalue weighted by atomic mass is 16.5. The van der Waals surface area contributed by atoms with Crippen molar-refractivity contribution in [3.05, 3.63) is 29.8 Å². The third kappa shape index (κ3) is 4.76. The number of nitrogens with two attached hydrogens (primary N) is 1. The van der Waals surface area contributed by atoms with Gasteiger partial charge in [0, 0.05) is 6.04 Å². The molecule has 1 aliphatic carbocycles. The molecule has 3 N–H and O–H groups in total. The Kier molecular flexibility index (Phi) is 5.71. The van der Waals surface area contributed by atoms with E-state index < -0.39 is 0 Å². The maximum atomic E-state index is 5.98. The summed E-state index contributed by atoms with van der Waals surface area (Å²) < 4.78 is 5.20. The first-order chi connectivity index (χ1) is 9.78. The van der Waals surface area contributed by atoms with Crippen LogP contribution >= 0.6 is 0 Å². The zero-order chi connectivity index (χ0) is 14.2. The third-order valence-electron chi connectivity index (χ3n) is 3.77. The number of hydrogen-bond acceptors (Lipinski definition) is 2. The summed E-state index contributed by atoms with van der Waals surface area (Å²) in [4.78, 5) is 4.42. The standard InChI is InChI=1S/C16H25N3O/c1-20-15-10-6-7-13(11-15)12-18-16(17)19-14-8-4-2-3-5-9-14/h6-7,10-11,14H,2-5,8-9,12H2,1H3,(H3,17,18,19). The minimum Gasteiger partial charge on any atom is -0.497 e. The highest BCUT2D eigenvalue weighted by molar-refractivity contribution is 5.78. The molecule has 1 aromatic carbocycles. The Morgan fingerprint density at radius 3 is 2.75 bits per heavy atom. The van der Waals surface area contributed by atoms with Crippen molar-refractivity contribution in [2.24, 2.45) is 10.7 Å². The zero-order valence-electron chi connectivity index (χ0n) is 12.3. The second-order valence-electron chi connectivity index (χ2n) is 5.39. The fourth-order valence-electron chi connectivity index (χ4n) is 2.63. The van der Waals surface area contributed by atoms with Gasteiger partial charge in [-0.2, -0.15) is 0 Å². The lowest BCUT2D eigenvalue weighted by Gasteiger charge is -2.16. The lowest BCUT2D eigenvalue weighted by atomic mass is 10.1. The molecule has 1 fully saturated rings. The Labute approximate surface area is 121 Å². The van der Waals surface area contributed by atoms with E-state index in [1.165, 1.54) is 38.5 Å². The van der Waals surface area contributed by atoms with Crippen molar-refractivity contribution in [3.8, 4) is 5.75 Å². The first-order valence-corrected chi connectivity index (χ1v) is 7.47. The summed E-state index contributed by atoms with van der Waals surface area (Å²) in [6.45, 7) is 0.586. The summed E-state index contributed by atoms with van der Waals surface area (Å²) in [7, 11) is 1.67. The van der Waals surface area contributed by atoms with Crippen LogP contribution in [0.3, 0.4) is 0 Å². The van der Waals surface area contributed by atoms with E-state index in [0.717, 1.165) is 11.3 Å². The molecular weight excluding hydrogens is 250 g/mol. The molecular formula is C16H25N3O. The molecule has 0 saturated heterocycles. The molecule has 0 radical (unpaired) electrons. The number of methoxy groups -OCH3 is 1. The Morgan fingerprint density at radius 1 is 1.30 bits per heavy atom. The molecule has 110 valence electrons. The number of aliphatic imine (C=N–C) groups is 1. The van der Waals surface area contributed by atoms with E-state index >= 15 is 0 Å². The average molecular weight is 275 g/mol. The molecule has 4 heteroatoms. The molecule has 0 aliphatic heterocycles. The molecule has 0 unspecified atom stereocenters. The van der Waals surface area contributed by atoms with Gasteiger partial charge in [0.15, 0.2) is 5.96 Å². The van der Waals surface area contributed by atoms with Crippen LogP contribution in [0.2, 0.25) is 0 Å². The van der Waals surface area contributed by atoms with E-state index in [2.05, 4.69) is 10.3 Å². The fraction of sp³-hybridized carbons (Fsp3) is 0.562.